The van der Waals surface area contributed by atoms with Crippen LogP contribution >= 0.6 is 0 Å². The average molecular weight is 346 g/mol. The molecule has 25 heavy (non-hydrogen) atoms. The lowest BCUT2D eigenvalue weighted by molar-refractivity contribution is 0.246. The average Bonchev–Trinajstić information content (AvgIpc) is 2.62. The standard InChI is InChI=1S/C19H26N2O4/c1-3-5-10-23-18-12-15(20-21-19(18)24-11-6-4-2)14-25-17-9-7-8-16(22)13-17/h7-9,12-13,22H,3-6,10-11,14H2,1-2H3. The Hall–Kier alpha value is -2.50. The summed E-state index contributed by atoms with van der Waals surface area (Å²) in [5.74, 6) is 1.74. The largest absolute Gasteiger partial charge is 0.508 e. The van der Waals surface area contributed by atoms with E-state index in [1.807, 2.05) is 0 Å². The lowest BCUT2D eigenvalue weighted by Gasteiger charge is -2.12. The third-order valence-corrected chi connectivity index (χ3v) is 3.47. The Kier molecular flexibility index (Phi) is 7.82. The Bertz CT molecular complexity index is 649. The Balaban J connectivity index is 2.03. The van der Waals surface area contributed by atoms with E-state index in [-0.39, 0.29) is 12.4 Å². The van der Waals surface area contributed by atoms with Gasteiger partial charge in [0.1, 0.15) is 23.8 Å². The Morgan fingerprint density at radius 1 is 0.920 bits per heavy atom. The van der Waals surface area contributed by atoms with Gasteiger partial charge in [-0.2, -0.15) is 0 Å². The molecule has 2 rings (SSSR count). The molecule has 0 saturated heterocycles. The first kappa shape index (κ1) is 18.8. The van der Waals surface area contributed by atoms with Gasteiger partial charge in [0, 0.05) is 12.1 Å². The number of benzene rings is 1. The van der Waals surface area contributed by atoms with Crippen molar-refractivity contribution in [2.75, 3.05) is 13.2 Å². The van der Waals surface area contributed by atoms with Gasteiger partial charge in [-0.25, -0.2) is 0 Å². The molecule has 2 aromatic rings. The molecule has 0 aliphatic heterocycles. The van der Waals surface area contributed by atoms with Crippen LogP contribution in [0.1, 0.15) is 45.2 Å². The van der Waals surface area contributed by atoms with Crippen molar-refractivity contribution in [1.29, 1.82) is 0 Å². The monoisotopic (exact) mass is 346 g/mol. The first-order chi connectivity index (χ1) is 12.2. The highest BCUT2D eigenvalue weighted by Crippen LogP contribution is 2.26. The highest BCUT2D eigenvalue weighted by molar-refractivity contribution is 5.34. The lowest BCUT2D eigenvalue weighted by atomic mass is 10.3. The number of hydrogen-bond donors (Lipinski definition) is 1. The molecule has 0 spiro atoms. The molecule has 0 aliphatic carbocycles. The second-order valence-corrected chi connectivity index (χ2v) is 5.70. The van der Waals surface area contributed by atoms with Gasteiger partial charge in [0.2, 0.25) is 0 Å². The van der Waals surface area contributed by atoms with E-state index in [1.54, 1.807) is 30.3 Å². The molecule has 0 atom stereocenters. The van der Waals surface area contributed by atoms with Gasteiger partial charge in [-0.15, -0.1) is 10.2 Å². The van der Waals surface area contributed by atoms with E-state index in [2.05, 4.69) is 24.0 Å². The van der Waals surface area contributed by atoms with E-state index < -0.39 is 0 Å². The third kappa shape index (κ3) is 6.49. The molecule has 0 radical (unpaired) electrons. The smallest absolute Gasteiger partial charge is 0.276 e. The van der Waals surface area contributed by atoms with Crippen molar-refractivity contribution in [3.63, 3.8) is 0 Å². The van der Waals surface area contributed by atoms with Crippen LogP contribution in [-0.4, -0.2) is 28.5 Å². The van der Waals surface area contributed by atoms with Gasteiger partial charge in [-0.05, 0) is 25.0 Å². The number of phenolic OH excluding ortho intramolecular Hbond substituents is 1. The molecular formula is C19H26N2O4. The zero-order chi connectivity index (χ0) is 17.9. The van der Waals surface area contributed by atoms with Gasteiger partial charge in [0.15, 0.2) is 5.75 Å². The molecule has 1 aromatic carbocycles. The fourth-order valence-corrected chi connectivity index (χ4v) is 2.04. The molecule has 0 saturated carbocycles. The van der Waals surface area contributed by atoms with Gasteiger partial charge in [-0.1, -0.05) is 32.8 Å². The van der Waals surface area contributed by atoms with Crippen molar-refractivity contribution in [3.05, 3.63) is 36.0 Å². The molecule has 6 heteroatoms. The lowest BCUT2D eigenvalue weighted by Crippen LogP contribution is -2.07. The molecule has 0 unspecified atom stereocenters. The van der Waals surface area contributed by atoms with E-state index >= 15 is 0 Å². The number of aromatic hydroxyl groups is 1. The van der Waals surface area contributed by atoms with Crippen molar-refractivity contribution < 1.29 is 19.3 Å². The number of aromatic nitrogens is 2. The van der Waals surface area contributed by atoms with Crippen LogP contribution in [0.3, 0.4) is 0 Å². The fraction of sp³-hybridized carbons (Fsp3) is 0.474. The van der Waals surface area contributed by atoms with Crippen molar-refractivity contribution >= 4 is 0 Å². The summed E-state index contributed by atoms with van der Waals surface area (Å²) < 4.78 is 17.1. The Morgan fingerprint density at radius 2 is 1.68 bits per heavy atom. The summed E-state index contributed by atoms with van der Waals surface area (Å²) in [6.45, 7) is 5.65. The highest BCUT2D eigenvalue weighted by Gasteiger charge is 2.11. The second kappa shape index (κ2) is 10.4. The number of hydrogen-bond acceptors (Lipinski definition) is 6. The molecule has 1 aromatic heterocycles. The van der Waals surface area contributed by atoms with E-state index in [0.29, 0.717) is 36.3 Å². The number of rotatable bonds is 11. The van der Waals surface area contributed by atoms with E-state index in [0.717, 1.165) is 25.7 Å². The zero-order valence-corrected chi connectivity index (χ0v) is 14.9. The van der Waals surface area contributed by atoms with Crippen molar-refractivity contribution in [2.45, 2.75) is 46.1 Å². The summed E-state index contributed by atoms with van der Waals surface area (Å²) in [5.41, 5.74) is 0.637. The summed E-state index contributed by atoms with van der Waals surface area (Å²) >= 11 is 0. The van der Waals surface area contributed by atoms with Crippen LogP contribution < -0.4 is 14.2 Å². The maximum Gasteiger partial charge on any atom is 0.276 e. The number of nitrogens with zero attached hydrogens (tertiary/aromatic N) is 2. The minimum atomic E-state index is 0.159. The predicted molar refractivity (Wildman–Crippen MR) is 95.3 cm³/mol. The first-order valence-electron chi connectivity index (χ1n) is 8.77. The van der Waals surface area contributed by atoms with Crippen LogP contribution in [0.25, 0.3) is 0 Å². The molecular weight excluding hydrogens is 320 g/mol. The minimum Gasteiger partial charge on any atom is -0.508 e. The first-order valence-corrected chi connectivity index (χ1v) is 8.77. The van der Waals surface area contributed by atoms with Crippen LogP contribution in [-0.2, 0) is 6.61 Å². The fourth-order valence-electron chi connectivity index (χ4n) is 2.04. The summed E-state index contributed by atoms with van der Waals surface area (Å²) in [5, 5.41) is 17.7. The van der Waals surface area contributed by atoms with E-state index in [9.17, 15) is 5.11 Å². The van der Waals surface area contributed by atoms with Gasteiger partial charge < -0.3 is 19.3 Å². The van der Waals surface area contributed by atoms with Crippen LogP contribution in [0.15, 0.2) is 30.3 Å². The van der Waals surface area contributed by atoms with Crippen molar-refractivity contribution in [2.24, 2.45) is 0 Å². The number of ether oxygens (including phenoxy) is 3. The topological polar surface area (TPSA) is 73.7 Å². The molecule has 1 N–H and O–H groups in total. The molecule has 6 nitrogen and oxygen atoms in total. The van der Waals surface area contributed by atoms with Crippen LogP contribution in [0.2, 0.25) is 0 Å². The van der Waals surface area contributed by atoms with Crippen LogP contribution in [0, 0.1) is 0 Å². The Labute approximate surface area is 148 Å². The summed E-state index contributed by atoms with van der Waals surface area (Å²) in [6, 6.07) is 8.43. The summed E-state index contributed by atoms with van der Waals surface area (Å²) in [7, 11) is 0. The predicted octanol–water partition coefficient (Wildman–Crippen LogP) is 4.12. The zero-order valence-electron chi connectivity index (χ0n) is 14.9. The van der Waals surface area contributed by atoms with E-state index in [4.69, 9.17) is 14.2 Å². The van der Waals surface area contributed by atoms with Crippen molar-refractivity contribution in [3.8, 4) is 23.1 Å². The van der Waals surface area contributed by atoms with Crippen LogP contribution in [0.5, 0.6) is 23.1 Å². The maximum absolute atomic E-state index is 9.47. The molecule has 1 heterocycles. The SMILES string of the molecule is CCCCOc1cc(COc2cccc(O)c2)nnc1OCCCC. The molecule has 0 bridgehead atoms. The maximum atomic E-state index is 9.47. The summed E-state index contributed by atoms with van der Waals surface area (Å²) in [6.07, 6.45) is 4.03. The molecule has 0 fully saturated rings. The highest BCUT2D eigenvalue weighted by atomic mass is 16.5. The normalized spacial score (nSPS) is 10.5. The van der Waals surface area contributed by atoms with Gasteiger partial charge in [0.25, 0.3) is 5.88 Å². The molecule has 0 amide bonds. The molecule has 136 valence electrons. The number of phenols is 1. The van der Waals surface area contributed by atoms with Gasteiger partial charge >= 0.3 is 0 Å². The quantitative estimate of drug-likeness (QED) is 0.617. The second-order valence-electron chi connectivity index (χ2n) is 5.70. The van der Waals surface area contributed by atoms with Gasteiger partial charge in [0.05, 0.1) is 13.2 Å². The summed E-state index contributed by atoms with van der Waals surface area (Å²) in [4.78, 5) is 0. The van der Waals surface area contributed by atoms with E-state index in [1.165, 1.54) is 0 Å². The number of unbranched alkanes of at least 4 members (excludes halogenated alkanes) is 2. The molecule has 0 aliphatic rings. The van der Waals surface area contributed by atoms with Crippen molar-refractivity contribution in [1.82, 2.24) is 10.2 Å². The van der Waals surface area contributed by atoms with Crippen LogP contribution in [0.4, 0.5) is 0 Å². The minimum absolute atomic E-state index is 0.159. The third-order valence-electron chi connectivity index (χ3n) is 3.47. The Morgan fingerprint density at radius 3 is 2.40 bits per heavy atom. The van der Waals surface area contributed by atoms with Gasteiger partial charge in [-0.3, -0.25) is 0 Å².